The molecule has 0 saturated carbocycles. The molecule has 2 aromatic rings. The van der Waals surface area contributed by atoms with E-state index >= 15 is 0 Å². The molecule has 1 saturated heterocycles. The standard InChI is InChI=1S/C16H22N3O3P/c1-5-15(23(21)19(4)10(2)11(3)22-23)16-17-13-7-6-12(9-20)8-14(13)18-16/h5-8,10-11,15,20H,1,9H2,2-4H3,(H,17,18)/t10-,11+,15?,23?/m1/s1. The second kappa shape index (κ2) is 5.87. The molecular formula is C16H22N3O3P. The van der Waals surface area contributed by atoms with Crippen LogP contribution in [0.15, 0.2) is 30.9 Å². The molecule has 1 fully saturated rings. The summed E-state index contributed by atoms with van der Waals surface area (Å²) in [5, 5.41) is 9.24. The lowest BCUT2D eigenvalue weighted by Crippen LogP contribution is -2.26. The van der Waals surface area contributed by atoms with Gasteiger partial charge >= 0.3 is 0 Å². The molecule has 0 bridgehead atoms. The van der Waals surface area contributed by atoms with Crippen molar-refractivity contribution in [3.8, 4) is 0 Å². The molecule has 2 N–H and O–H groups in total. The molecule has 0 radical (unpaired) electrons. The van der Waals surface area contributed by atoms with Gasteiger partial charge in [-0.15, -0.1) is 6.58 Å². The van der Waals surface area contributed by atoms with Gasteiger partial charge in [0, 0.05) is 6.04 Å². The summed E-state index contributed by atoms with van der Waals surface area (Å²) in [7, 11) is -1.29. The molecule has 124 valence electrons. The Hall–Kier alpha value is -1.46. The summed E-state index contributed by atoms with van der Waals surface area (Å²) in [5.74, 6) is 0.571. The Balaban J connectivity index is 2.04. The number of nitrogens with zero attached hydrogens (tertiary/aromatic N) is 2. The number of aromatic nitrogens is 2. The van der Waals surface area contributed by atoms with Crippen molar-refractivity contribution in [2.45, 2.75) is 38.3 Å². The molecule has 1 aliphatic heterocycles. The quantitative estimate of drug-likeness (QED) is 0.662. The van der Waals surface area contributed by atoms with E-state index in [9.17, 15) is 9.67 Å². The third-order valence-electron chi connectivity index (χ3n) is 4.63. The first-order valence-electron chi connectivity index (χ1n) is 7.64. The van der Waals surface area contributed by atoms with Crippen molar-refractivity contribution < 1.29 is 14.2 Å². The van der Waals surface area contributed by atoms with Gasteiger partial charge in [-0.2, -0.15) is 0 Å². The number of aromatic amines is 1. The van der Waals surface area contributed by atoms with Crippen LogP contribution in [0.4, 0.5) is 0 Å². The lowest BCUT2D eigenvalue weighted by Gasteiger charge is -2.25. The minimum absolute atomic E-state index is 0.0332. The van der Waals surface area contributed by atoms with Crippen LogP contribution >= 0.6 is 7.52 Å². The van der Waals surface area contributed by atoms with Gasteiger partial charge in [-0.25, -0.2) is 9.65 Å². The van der Waals surface area contributed by atoms with Crippen molar-refractivity contribution in [2.75, 3.05) is 7.05 Å². The maximum absolute atomic E-state index is 13.4. The van der Waals surface area contributed by atoms with E-state index in [1.54, 1.807) is 10.7 Å². The van der Waals surface area contributed by atoms with Gasteiger partial charge in [-0.1, -0.05) is 12.1 Å². The van der Waals surface area contributed by atoms with Gasteiger partial charge in [0.25, 0.3) is 7.52 Å². The predicted octanol–water partition coefficient (Wildman–Crippen LogP) is 3.21. The number of rotatable bonds is 4. The van der Waals surface area contributed by atoms with Crippen molar-refractivity contribution >= 4 is 18.6 Å². The summed E-state index contributed by atoms with van der Waals surface area (Å²) in [6, 6.07) is 5.56. The number of aliphatic hydroxyl groups is 1. The highest BCUT2D eigenvalue weighted by atomic mass is 31.2. The number of hydrogen-bond acceptors (Lipinski definition) is 4. The van der Waals surface area contributed by atoms with Crippen molar-refractivity contribution in [3.63, 3.8) is 0 Å². The number of H-pyrrole nitrogens is 1. The Bertz CT molecular complexity index is 788. The fraction of sp³-hybridized carbons (Fsp3) is 0.438. The van der Waals surface area contributed by atoms with Crippen LogP contribution in [-0.2, 0) is 15.7 Å². The molecule has 3 rings (SSSR count). The third kappa shape index (κ3) is 2.56. The highest BCUT2D eigenvalue weighted by Gasteiger charge is 2.49. The second-order valence-corrected chi connectivity index (χ2v) is 8.53. The molecule has 4 atom stereocenters. The molecule has 0 amide bonds. The summed E-state index contributed by atoms with van der Waals surface area (Å²) < 4.78 is 21.1. The zero-order valence-corrected chi connectivity index (χ0v) is 14.5. The van der Waals surface area contributed by atoms with E-state index < -0.39 is 13.2 Å². The molecular weight excluding hydrogens is 313 g/mol. The van der Waals surface area contributed by atoms with Crippen molar-refractivity contribution in [1.82, 2.24) is 14.6 Å². The Morgan fingerprint density at radius 1 is 1.57 bits per heavy atom. The van der Waals surface area contributed by atoms with Gasteiger partial charge in [0.05, 0.1) is 23.7 Å². The smallest absolute Gasteiger partial charge is 0.287 e. The highest BCUT2D eigenvalue weighted by molar-refractivity contribution is 7.57. The predicted molar refractivity (Wildman–Crippen MR) is 90.3 cm³/mol. The van der Waals surface area contributed by atoms with Crippen LogP contribution in [0.5, 0.6) is 0 Å². The maximum atomic E-state index is 13.4. The van der Waals surface area contributed by atoms with Crippen molar-refractivity contribution in [3.05, 3.63) is 42.2 Å². The van der Waals surface area contributed by atoms with Crippen LogP contribution < -0.4 is 0 Å². The molecule has 0 spiro atoms. The number of benzene rings is 1. The Morgan fingerprint density at radius 2 is 2.30 bits per heavy atom. The number of fused-ring (bicyclic) bond motifs is 1. The van der Waals surface area contributed by atoms with E-state index in [0.29, 0.717) is 5.82 Å². The fourth-order valence-electron chi connectivity index (χ4n) is 2.93. The minimum Gasteiger partial charge on any atom is -0.392 e. The van der Waals surface area contributed by atoms with Crippen LogP contribution in [0.2, 0.25) is 0 Å². The van der Waals surface area contributed by atoms with Gasteiger partial charge in [0.2, 0.25) is 0 Å². The monoisotopic (exact) mass is 335 g/mol. The Labute approximate surface area is 135 Å². The Kier molecular flexibility index (Phi) is 4.19. The topological polar surface area (TPSA) is 78.5 Å². The Morgan fingerprint density at radius 3 is 2.87 bits per heavy atom. The molecule has 2 unspecified atom stereocenters. The first kappa shape index (κ1) is 16.4. The van der Waals surface area contributed by atoms with Crippen LogP contribution in [0.25, 0.3) is 11.0 Å². The summed E-state index contributed by atoms with van der Waals surface area (Å²) in [5.41, 5.74) is 1.84. The zero-order valence-electron chi connectivity index (χ0n) is 13.6. The fourth-order valence-corrected chi connectivity index (χ4v) is 5.65. The molecule has 0 aliphatic carbocycles. The zero-order chi connectivity index (χ0) is 16.8. The average molecular weight is 335 g/mol. The number of likely N-dealkylation sites (N-methyl/N-ethyl adjacent to an activating group) is 1. The van der Waals surface area contributed by atoms with Gasteiger partial charge in [0.1, 0.15) is 11.5 Å². The number of allylic oxidation sites excluding steroid dienone is 1. The summed E-state index contributed by atoms with van der Waals surface area (Å²) >= 11 is 0. The van der Waals surface area contributed by atoms with Crippen LogP contribution in [0, 0.1) is 0 Å². The van der Waals surface area contributed by atoms with E-state index in [1.165, 1.54) is 0 Å². The van der Waals surface area contributed by atoms with Crippen LogP contribution in [-0.4, -0.2) is 38.9 Å². The normalized spacial score (nSPS) is 29.9. The highest BCUT2D eigenvalue weighted by Crippen LogP contribution is 2.67. The minimum atomic E-state index is -3.11. The van der Waals surface area contributed by atoms with E-state index in [1.807, 2.05) is 39.1 Å². The molecule has 6 nitrogen and oxygen atoms in total. The van der Waals surface area contributed by atoms with E-state index in [2.05, 4.69) is 16.5 Å². The number of nitrogens with one attached hydrogen (secondary N) is 1. The van der Waals surface area contributed by atoms with Gasteiger partial charge in [0.15, 0.2) is 0 Å². The van der Waals surface area contributed by atoms with Crippen LogP contribution in [0.1, 0.15) is 30.9 Å². The molecule has 2 heterocycles. The van der Waals surface area contributed by atoms with E-state index in [-0.39, 0.29) is 18.8 Å². The number of imidazole rings is 1. The lowest BCUT2D eigenvalue weighted by atomic mass is 10.2. The largest absolute Gasteiger partial charge is 0.392 e. The molecule has 1 aromatic carbocycles. The average Bonchev–Trinajstić information content (AvgIpc) is 3.03. The number of aliphatic hydroxyl groups excluding tert-OH is 1. The summed E-state index contributed by atoms with van der Waals surface area (Å²) in [6.07, 6.45) is 1.52. The molecule has 23 heavy (non-hydrogen) atoms. The van der Waals surface area contributed by atoms with Crippen LogP contribution in [0.3, 0.4) is 0 Å². The van der Waals surface area contributed by atoms with E-state index in [4.69, 9.17) is 4.52 Å². The molecule has 1 aliphatic rings. The lowest BCUT2D eigenvalue weighted by molar-refractivity contribution is 0.226. The van der Waals surface area contributed by atoms with Gasteiger partial charge < -0.3 is 14.6 Å². The van der Waals surface area contributed by atoms with Gasteiger partial charge in [-0.3, -0.25) is 4.57 Å². The van der Waals surface area contributed by atoms with E-state index in [0.717, 1.165) is 16.6 Å². The second-order valence-electron chi connectivity index (χ2n) is 6.00. The summed E-state index contributed by atoms with van der Waals surface area (Å²) in [6.45, 7) is 7.72. The van der Waals surface area contributed by atoms with Gasteiger partial charge in [-0.05, 0) is 38.6 Å². The first-order valence-corrected chi connectivity index (χ1v) is 9.28. The SMILES string of the molecule is C=CC(c1nc2ccc(CO)cc2[nH]1)P1(=O)O[C@@H](C)[C@@H](C)N1C. The third-order valence-corrected chi connectivity index (χ3v) is 7.66. The maximum Gasteiger partial charge on any atom is 0.287 e. The molecule has 1 aromatic heterocycles. The first-order chi connectivity index (χ1) is 10.9. The molecule has 7 heteroatoms. The van der Waals surface area contributed by atoms with Crippen molar-refractivity contribution in [1.29, 1.82) is 0 Å². The summed E-state index contributed by atoms with van der Waals surface area (Å²) in [4.78, 5) is 7.75. The van der Waals surface area contributed by atoms with Crippen molar-refractivity contribution in [2.24, 2.45) is 0 Å². The number of hydrogen-bond donors (Lipinski definition) is 2.